The van der Waals surface area contributed by atoms with Crippen LogP contribution in [-0.2, 0) is 23.7 Å². The van der Waals surface area contributed by atoms with Gasteiger partial charge in [-0.2, -0.15) is 0 Å². The molecule has 0 atom stereocenters. The van der Waals surface area contributed by atoms with E-state index in [1.807, 2.05) is 84.2 Å². The molecule has 6 saturated heterocycles. The smallest absolute Gasteiger partial charge is 0.253 e. The molecule has 3 aromatic rings. The maximum absolute atomic E-state index is 12.1. The van der Waals surface area contributed by atoms with Gasteiger partial charge in [0.15, 0.2) is 0 Å². The molecule has 6 aliphatic rings. The molecule has 17 heteroatoms. The Morgan fingerprint density at radius 1 is 0.449 bits per heavy atom. The molecule has 0 N–H and O–H groups in total. The van der Waals surface area contributed by atoms with E-state index in [1.165, 1.54) is 101 Å². The van der Waals surface area contributed by atoms with Gasteiger partial charge in [0.1, 0.15) is 25.0 Å². The summed E-state index contributed by atoms with van der Waals surface area (Å²) >= 11 is 0. The first-order valence-corrected chi connectivity index (χ1v) is 28.7. The highest BCUT2D eigenvalue weighted by Gasteiger charge is 2.20. The number of amides is 2. The third-order valence-electron chi connectivity index (χ3n) is 13.9. The SMILES string of the molecule is CC(=O)N1CCN(C)CC1.COCN(C)C.COCN1CCCC1.COCN1CCOCC1.Cc1ccc(C(=O)N2CCN(C)CC2)cc1.Cc1ccc(OCN2CCCC2)cc1.Cc1ccc(OCN2CCCCC2)cc1. The number of carbonyl (C=O) groups is 2. The van der Waals surface area contributed by atoms with E-state index in [0.717, 1.165) is 123 Å². The summed E-state index contributed by atoms with van der Waals surface area (Å²) in [5.74, 6) is 2.31. The van der Waals surface area contributed by atoms with Gasteiger partial charge in [0.2, 0.25) is 5.91 Å². The maximum Gasteiger partial charge on any atom is 0.253 e. The van der Waals surface area contributed by atoms with Crippen molar-refractivity contribution in [1.82, 2.24) is 44.1 Å². The zero-order valence-corrected chi connectivity index (χ0v) is 50.4. The molecule has 0 saturated carbocycles. The zero-order chi connectivity index (χ0) is 56.8. The van der Waals surface area contributed by atoms with Gasteiger partial charge >= 0.3 is 0 Å². The fourth-order valence-corrected chi connectivity index (χ4v) is 8.88. The van der Waals surface area contributed by atoms with Crippen LogP contribution in [0.1, 0.15) is 78.9 Å². The van der Waals surface area contributed by atoms with Crippen LogP contribution < -0.4 is 9.47 Å². The van der Waals surface area contributed by atoms with Gasteiger partial charge in [-0.3, -0.25) is 34.1 Å². The molecule has 6 fully saturated rings. The largest absolute Gasteiger partial charge is 0.478 e. The fourth-order valence-electron chi connectivity index (χ4n) is 8.88. The van der Waals surface area contributed by atoms with E-state index in [0.29, 0.717) is 6.73 Å². The van der Waals surface area contributed by atoms with Crippen LogP contribution in [0.25, 0.3) is 0 Å². The molecule has 0 unspecified atom stereocenters. The maximum atomic E-state index is 12.1. The number of carbonyl (C=O) groups excluding carboxylic acids is 2. The van der Waals surface area contributed by atoms with Crippen molar-refractivity contribution in [3.8, 4) is 11.5 Å². The van der Waals surface area contributed by atoms with Gasteiger partial charge in [0.05, 0.1) is 33.4 Å². The lowest BCUT2D eigenvalue weighted by Crippen LogP contribution is -2.47. The van der Waals surface area contributed by atoms with Crippen LogP contribution in [0.5, 0.6) is 11.5 Å². The van der Waals surface area contributed by atoms with Crippen molar-refractivity contribution < 1.29 is 38.0 Å². The van der Waals surface area contributed by atoms with Crippen molar-refractivity contribution in [2.45, 2.75) is 72.6 Å². The summed E-state index contributed by atoms with van der Waals surface area (Å²) in [5.41, 5.74) is 4.55. The Kier molecular flexibility index (Phi) is 36.4. The minimum atomic E-state index is 0.160. The Balaban J connectivity index is 0.000000245. The predicted molar refractivity (Wildman–Crippen MR) is 316 cm³/mol. The molecule has 2 amide bonds. The van der Waals surface area contributed by atoms with Crippen molar-refractivity contribution in [3.63, 3.8) is 0 Å². The number of likely N-dealkylation sites (N-methyl/N-ethyl adjacent to an activating group) is 2. The summed E-state index contributed by atoms with van der Waals surface area (Å²) in [6.07, 6.45) is 9.34. The minimum absolute atomic E-state index is 0.160. The number of methoxy groups -OCH3 is 3. The fraction of sp³-hybridized carbons (Fsp3) is 0.672. The number of piperazine rings is 2. The summed E-state index contributed by atoms with van der Waals surface area (Å²) in [7, 11) is 13.2. The number of morpholine rings is 1. The molecule has 6 heterocycles. The van der Waals surface area contributed by atoms with Crippen LogP contribution >= 0.6 is 0 Å². The second-order valence-corrected chi connectivity index (χ2v) is 21.3. The highest BCUT2D eigenvalue weighted by atomic mass is 16.5. The number of aryl methyl sites for hydroxylation is 3. The molecule has 3 aromatic carbocycles. The van der Waals surface area contributed by atoms with E-state index in [9.17, 15) is 9.59 Å². The number of hydrogen-bond acceptors (Lipinski definition) is 15. The molecule has 6 aliphatic heterocycles. The predicted octanol–water partition coefficient (Wildman–Crippen LogP) is 7.17. The molecule has 0 aromatic heterocycles. The van der Waals surface area contributed by atoms with E-state index in [4.69, 9.17) is 28.4 Å². The first kappa shape index (κ1) is 68.0. The van der Waals surface area contributed by atoms with Crippen LogP contribution in [-0.4, -0.2) is 257 Å². The molecule has 0 bridgehead atoms. The van der Waals surface area contributed by atoms with Crippen molar-refractivity contribution >= 4 is 11.8 Å². The number of piperidine rings is 1. The molecule has 78 heavy (non-hydrogen) atoms. The molecular formula is C61H105N9O8. The van der Waals surface area contributed by atoms with E-state index in [-0.39, 0.29) is 11.8 Å². The van der Waals surface area contributed by atoms with Gasteiger partial charge in [0, 0.05) is 139 Å². The van der Waals surface area contributed by atoms with E-state index in [1.54, 1.807) is 28.3 Å². The van der Waals surface area contributed by atoms with E-state index >= 15 is 0 Å². The number of rotatable bonds is 13. The van der Waals surface area contributed by atoms with Gasteiger partial charge in [-0.15, -0.1) is 0 Å². The summed E-state index contributed by atoms with van der Waals surface area (Å²) in [6.45, 7) is 29.9. The van der Waals surface area contributed by atoms with Crippen LogP contribution in [0.3, 0.4) is 0 Å². The lowest BCUT2D eigenvalue weighted by molar-refractivity contribution is -0.130. The monoisotopic (exact) mass is 1090 g/mol. The van der Waals surface area contributed by atoms with Crippen LogP contribution in [0.2, 0.25) is 0 Å². The molecule has 17 nitrogen and oxygen atoms in total. The quantitative estimate of drug-likeness (QED) is 0.161. The van der Waals surface area contributed by atoms with Crippen LogP contribution in [0.4, 0.5) is 0 Å². The van der Waals surface area contributed by atoms with Gasteiger partial charge in [-0.05, 0) is 124 Å². The third kappa shape index (κ3) is 31.5. The van der Waals surface area contributed by atoms with Crippen LogP contribution in [0, 0.1) is 20.8 Å². The summed E-state index contributed by atoms with van der Waals surface area (Å²) in [6, 6.07) is 24.3. The second-order valence-electron chi connectivity index (χ2n) is 21.3. The van der Waals surface area contributed by atoms with E-state index < -0.39 is 0 Å². The Bertz CT molecular complexity index is 1920. The average Bonchev–Trinajstić information content (AvgIpc) is 4.19. The van der Waals surface area contributed by atoms with Gasteiger partial charge < -0.3 is 48.0 Å². The average molecular weight is 1090 g/mol. The summed E-state index contributed by atoms with van der Waals surface area (Å²) < 4.78 is 31.2. The molecule has 442 valence electrons. The highest BCUT2D eigenvalue weighted by Crippen LogP contribution is 2.16. The molecule has 0 radical (unpaired) electrons. The van der Waals surface area contributed by atoms with Crippen LogP contribution in [0.15, 0.2) is 72.8 Å². The van der Waals surface area contributed by atoms with Crippen molar-refractivity contribution in [2.75, 3.05) is 201 Å². The number of ether oxygens (including phenoxy) is 6. The first-order valence-electron chi connectivity index (χ1n) is 28.7. The molecule has 0 spiro atoms. The number of hydrogen-bond donors (Lipinski definition) is 0. The highest BCUT2D eigenvalue weighted by molar-refractivity contribution is 5.94. The summed E-state index contributed by atoms with van der Waals surface area (Å²) in [5, 5.41) is 0. The number of nitrogens with zero attached hydrogens (tertiary/aromatic N) is 9. The van der Waals surface area contributed by atoms with Crippen molar-refractivity contribution in [1.29, 1.82) is 0 Å². The Hall–Kier alpha value is -4.24. The Morgan fingerprint density at radius 3 is 1.14 bits per heavy atom. The normalized spacial score (nSPS) is 18.4. The zero-order valence-electron chi connectivity index (χ0n) is 50.4. The topological polar surface area (TPSA) is 119 Å². The Labute approximate surface area is 472 Å². The van der Waals surface area contributed by atoms with Crippen molar-refractivity contribution in [2.24, 2.45) is 0 Å². The third-order valence-corrected chi connectivity index (χ3v) is 13.9. The Morgan fingerprint density at radius 2 is 0.795 bits per heavy atom. The second kappa shape index (κ2) is 41.7. The molecular weight excluding hydrogens is 987 g/mol. The number of likely N-dealkylation sites (tertiary alicyclic amines) is 3. The van der Waals surface area contributed by atoms with Gasteiger partial charge in [0.25, 0.3) is 5.91 Å². The lowest BCUT2D eigenvalue weighted by Gasteiger charge is -2.32. The van der Waals surface area contributed by atoms with E-state index in [2.05, 4.69) is 81.6 Å². The number of benzene rings is 3. The molecule has 0 aliphatic carbocycles. The standard InChI is InChI=1S/C13H18N2O.C13H19NO.C12H17NO.C7H14N2O.C6H13NO2.C6H13NO.C4H11NO/c1-11-3-5-12(6-4-11)13(16)15-9-7-14(2)8-10-15;1-12-5-7-13(8-6-12)15-11-14-9-3-2-4-10-14;1-11-4-6-12(7-5-11)14-10-13-8-2-3-9-13;1-7(10)9-5-3-8(2)4-6-9;1-8-6-7-2-4-9-5-3-7;1-8-6-7-4-2-3-5-7;1-5(2)4-6-3/h3-6H,7-10H2,1-2H3;5-8H,2-4,9-11H2,1H3;4-7H,2-3,8-10H2,1H3;3-6H2,1-2H3;2-6H2,1H3;2-6H2,1H3;4H2,1-3H3. The molecule has 9 rings (SSSR count). The minimum Gasteiger partial charge on any atom is -0.478 e. The summed E-state index contributed by atoms with van der Waals surface area (Å²) in [4.78, 5) is 42.5. The van der Waals surface area contributed by atoms with Gasteiger partial charge in [-0.25, -0.2) is 0 Å². The first-order chi connectivity index (χ1) is 37.7. The van der Waals surface area contributed by atoms with Crippen molar-refractivity contribution in [3.05, 3.63) is 95.1 Å². The lowest BCUT2D eigenvalue weighted by atomic mass is 10.1. The van der Waals surface area contributed by atoms with Gasteiger partial charge in [-0.1, -0.05) is 59.5 Å².